The van der Waals surface area contributed by atoms with Crippen molar-refractivity contribution in [2.75, 3.05) is 5.32 Å². The zero-order valence-electron chi connectivity index (χ0n) is 8.31. The molecule has 0 heterocycles. The Labute approximate surface area is 87.9 Å². The van der Waals surface area contributed by atoms with E-state index in [0.29, 0.717) is 23.2 Å². The van der Waals surface area contributed by atoms with Crippen LogP contribution in [0, 0.1) is 13.8 Å². The van der Waals surface area contributed by atoms with E-state index in [1.54, 1.807) is 19.9 Å². The average Bonchev–Trinajstić information content (AvgIpc) is 2.09. The van der Waals surface area contributed by atoms with Gasteiger partial charge in [0, 0.05) is 5.69 Å². The summed E-state index contributed by atoms with van der Waals surface area (Å²) in [7, 11) is -4.25. The van der Waals surface area contributed by atoms with Crippen molar-refractivity contribution < 1.29 is 17.8 Å². The number of benzene rings is 1. The summed E-state index contributed by atoms with van der Waals surface area (Å²) in [4.78, 5) is 10.0. The van der Waals surface area contributed by atoms with E-state index in [4.69, 9.17) is 4.55 Å². The number of aryl methyl sites for hydroxylation is 1. The fraction of sp³-hybridized carbons (Fsp3) is 0.222. The van der Waals surface area contributed by atoms with Crippen molar-refractivity contribution >= 4 is 22.2 Å². The Balaban J connectivity index is 3.44. The summed E-state index contributed by atoms with van der Waals surface area (Å²) in [6.07, 6.45) is 0.442. The van der Waals surface area contributed by atoms with Crippen LogP contribution >= 0.6 is 0 Å². The van der Waals surface area contributed by atoms with Crippen molar-refractivity contribution in [2.45, 2.75) is 18.7 Å². The van der Waals surface area contributed by atoms with Crippen LogP contribution in [-0.4, -0.2) is 19.4 Å². The van der Waals surface area contributed by atoms with Gasteiger partial charge in [0.15, 0.2) is 0 Å². The maximum atomic E-state index is 11.0. The molecule has 0 spiro atoms. The first-order valence-corrected chi connectivity index (χ1v) is 5.59. The number of hydrogen-bond donors (Lipinski definition) is 2. The zero-order valence-corrected chi connectivity index (χ0v) is 9.13. The molecule has 1 rings (SSSR count). The van der Waals surface area contributed by atoms with Gasteiger partial charge in [-0.25, -0.2) is 0 Å². The highest BCUT2D eigenvalue weighted by atomic mass is 32.2. The maximum Gasteiger partial charge on any atom is 0.294 e. The average molecular weight is 229 g/mol. The maximum absolute atomic E-state index is 11.0. The standard InChI is InChI=1S/C9H11NO4S/c1-6-3-8(10-5-11)4-9(7(6)2)15(12,13)14/h3-5H,1-2H3,(H,10,11)(H,12,13,14). The highest BCUT2D eigenvalue weighted by Gasteiger charge is 2.15. The quantitative estimate of drug-likeness (QED) is 0.601. The van der Waals surface area contributed by atoms with Crippen LogP contribution in [0.4, 0.5) is 5.69 Å². The highest BCUT2D eigenvalue weighted by Crippen LogP contribution is 2.23. The van der Waals surface area contributed by atoms with E-state index in [-0.39, 0.29) is 4.90 Å². The first kappa shape index (κ1) is 11.7. The Morgan fingerprint density at radius 1 is 1.33 bits per heavy atom. The molecule has 1 aromatic carbocycles. The molecule has 0 radical (unpaired) electrons. The molecule has 15 heavy (non-hydrogen) atoms. The third kappa shape index (κ3) is 2.54. The summed E-state index contributed by atoms with van der Waals surface area (Å²) >= 11 is 0. The molecule has 0 aliphatic heterocycles. The molecule has 82 valence electrons. The summed E-state index contributed by atoms with van der Waals surface area (Å²) in [6, 6.07) is 2.84. The molecule has 2 N–H and O–H groups in total. The Hall–Kier alpha value is -1.40. The van der Waals surface area contributed by atoms with Gasteiger partial charge in [-0.05, 0) is 37.1 Å². The van der Waals surface area contributed by atoms with Gasteiger partial charge >= 0.3 is 0 Å². The van der Waals surface area contributed by atoms with Crippen molar-refractivity contribution in [2.24, 2.45) is 0 Å². The normalized spacial score (nSPS) is 11.1. The molecular weight excluding hydrogens is 218 g/mol. The number of carbonyl (C=O) groups is 1. The van der Waals surface area contributed by atoms with E-state index in [2.05, 4.69) is 5.32 Å². The van der Waals surface area contributed by atoms with Gasteiger partial charge in [0.2, 0.25) is 6.41 Å². The van der Waals surface area contributed by atoms with Gasteiger partial charge in [-0.1, -0.05) is 0 Å². The fourth-order valence-electron chi connectivity index (χ4n) is 1.25. The lowest BCUT2D eigenvalue weighted by molar-refractivity contribution is -0.105. The molecule has 0 saturated heterocycles. The highest BCUT2D eigenvalue weighted by molar-refractivity contribution is 7.85. The smallest absolute Gasteiger partial charge is 0.294 e. The molecular formula is C9H11NO4S. The third-order valence-electron chi connectivity index (χ3n) is 2.12. The van der Waals surface area contributed by atoms with E-state index < -0.39 is 10.1 Å². The Bertz CT molecular complexity index is 493. The summed E-state index contributed by atoms with van der Waals surface area (Å²) in [5.74, 6) is 0. The predicted molar refractivity (Wildman–Crippen MR) is 55.4 cm³/mol. The molecule has 0 unspecified atom stereocenters. The van der Waals surface area contributed by atoms with Crippen molar-refractivity contribution in [3.05, 3.63) is 23.3 Å². The second kappa shape index (κ2) is 4.00. The van der Waals surface area contributed by atoms with E-state index in [1.165, 1.54) is 6.07 Å². The molecule has 0 atom stereocenters. The van der Waals surface area contributed by atoms with Crippen molar-refractivity contribution in [1.82, 2.24) is 0 Å². The predicted octanol–water partition coefficient (Wildman–Crippen LogP) is 1.12. The Morgan fingerprint density at radius 3 is 2.40 bits per heavy atom. The molecule has 5 nitrogen and oxygen atoms in total. The van der Waals surface area contributed by atoms with Gasteiger partial charge in [-0.15, -0.1) is 0 Å². The minimum Gasteiger partial charge on any atom is -0.329 e. The zero-order chi connectivity index (χ0) is 11.6. The first-order valence-electron chi connectivity index (χ1n) is 4.15. The number of anilines is 1. The molecule has 0 aromatic heterocycles. The molecule has 0 aliphatic rings. The summed E-state index contributed by atoms with van der Waals surface area (Å²) in [5.41, 5.74) is 1.48. The van der Waals surface area contributed by atoms with Crippen LogP contribution in [0.15, 0.2) is 17.0 Å². The topological polar surface area (TPSA) is 83.5 Å². The molecule has 0 fully saturated rings. The lowest BCUT2D eigenvalue weighted by Crippen LogP contribution is -2.04. The molecule has 1 aromatic rings. The van der Waals surface area contributed by atoms with E-state index >= 15 is 0 Å². The van der Waals surface area contributed by atoms with Crippen LogP contribution in [0.25, 0.3) is 0 Å². The summed E-state index contributed by atoms with van der Waals surface area (Å²) in [5, 5.41) is 2.33. The second-order valence-electron chi connectivity index (χ2n) is 3.15. The van der Waals surface area contributed by atoms with Crippen molar-refractivity contribution in [3.8, 4) is 0 Å². The van der Waals surface area contributed by atoms with Gasteiger partial charge < -0.3 is 5.32 Å². The van der Waals surface area contributed by atoms with Gasteiger partial charge in [0.25, 0.3) is 10.1 Å². The van der Waals surface area contributed by atoms with Gasteiger partial charge in [0.1, 0.15) is 0 Å². The van der Waals surface area contributed by atoms with Crippen LogP contribution < -0.4 is 5.32 Å². The number of rotatable bonds is 3. The van der Waals surface area contributed by atoms with Crippen molar-refractivity contribution in [1.29, 1.82) is 0 Å². The minimum absolute atomic E-state index is 0.188. The fourth-order valence-corrected chi connectivity index (χ4v) is 2.07. The molecule has 0 saturated carbocycles. The Morgan fingerprint density at radius 2 is 1.93 bits per heavy atom. The third-order valence-corrected chi connectivity index (χ3v) is 3.10. The van der Waals surface area contributed by atoms with Crippen LogP contribution in [0.3, 0.4) is 0 Å². The van der Waals surface area contributed by atoms with Gasteiger partial charge in [-0.2, -0.15) is 8.42 Å². The summed E-state index contributed by atoms with van der Waals surface area (Å²) < 4.78 is 30.9. The van der Waals surface area contributed by atoms with Crippen molar-refractivity contribution in [3.63, 3.8) is 0 Å². The number of carbonyl (C=O) groups excluding carboxylic acids is 1. The van der Waals surface area contributed by atoms with E-state index in [1.807, 2.05) is 0 Å². The molecule has 0 bridgehead atoms. The number of amides is 1. The van der Waals surface area contributed by atoms with E-state index in [0.717, 1.165) is 0 Å². The minimum atomic E-state index is -4.25. The Kier molecular flexibility index (Phi) is 3.11. The largest absolute Gasteiger partial charge is 0.329 e. The lowest BCUT2D eigenvalue weighted by atomic mass is 10.1. The molecule has 6 heteroatoms. The second-order valence-corrected chi connectivity index (χ2v) is 4.54. The van der Waals surface area contributed by atoms with E-state index in [9.17, 15) is 13.2 Å². The molecule has 0 aliphatic carbocycles. The first-order chi connectivity index (χ1) is 6.86. The van der Waals surface area contributed by atoms with Crippen LogP contribution in [0.5, 0.6) is 0 Å². The number of hydrogen-bond acceptors (Lipinski definition) is 3. The lowest BCUT2D eigenvalue weighted by Gasteiger charge is -2.08. The van der Waals surface area contributed by atoms with Crippen LogP contribution in [0.2, 0.25) is 0 Å². The van der Waals surface area contributed by atoms with Gasteiger partial charge in [-0.3, -0.25) is 9.35 Å². The summed E-state index contributed by atoms with van der Waals surface area (Å²) in [6.45, 7) is 3.28. The monoisotopic (exact) mass is 229 g/mol. The van der Waals surface area contributed by atoms with Gasteiger partial charge in [0.05, 0.1) is 4.90 Å². The molecule has 1 amide bonds. The van der Waals surface area contributed by atoms with Crippen LogP contribution in [0.1, 0.15) is 11.1 Å². The van der Waals surface area contributed by atoms with Crippen LogP contribution in [-0.2, 0) is 14.9 Å². The number of nitrogens with one attached hydrogen (secondary N) is 1. The SMILES string of the molecule is Cc1cc(NC=O)cc(S(=O)(=O)O)c1C.